The molecule has 0 spiro atoms. The van der Waals surface area contributed by atoms with Crippen molar-refractivity contribution in [1.29, 1.82) is 0 Å². The number of carbonyl (C=O) groups is 2. The smallest absolute Gasteiger partial charge is 0.287 e. The normalized spacial score (nSPS) is 12.1. The van der Waals surface area contributed by atoms with Gasteiger partial charge < -0.3 is 14.6 Å². The van der Waals surface area contributed by atoms with Crippen LogP contribution in [0.15, 0.2) is 58.3 Å². The van der Waals surface area contributed by atoms with Crippen LogP contribution in [0.1, 0.15) is 38.8 Å². The summed E-state index contributed by atoms with van der Waals surface area (Å²) in [5.41, 5.74) is 1.47. The summed E-state index contributed by atoms with van der Waals surface area (Å²) in [5, 5.41) is 4.98. The van der Waals surface area contributed by atoms with Crippen molar-refractivity contribution in [1.82, 2.24) is 10.2 Å². The van der Waals surface area contributed by atoms with Gasteiger partial charge in [0.25, 0.3) is 5.91 Å². The number of nitrogens with one attached hydrogen (secondary N) is 1. The number of carbonyl (C=O) groups excluding carboxylic acids is 2. The molecule has 0 aliphatic carbocycles. The Hall–Kier alpha value is -2.70. The molecule has 27 heavy (non-hydrogen) atoms. The molecular weight excluding hydrogens is 360 g/mol. The Kier molecular flexibility index (Phi) is 5.88. The maximum Gasteiger partial charge on any atom is 0.287 e. The fraction of sp³-hybridized carbons (Fsp3) is 0.238. The molecule has 3 rings (SSSR count). The monoisotopic (exact) mass is 382 g/mol. The van der Waals surface area contributed by atoms with Crippen LogP contribution in [0.3, 0.4) is 0 Å². The van der Waals surface area contributed by atoms with Gasteiger partial charge in [0.2, 0.25) is 0 Å². The van der Waals surface area contributed by atoms with Gasteiger partial charge in [-0.2, -0.15) is 0 Å². The first kappa shape index (κ1) is 19.1. The minimum absolute atomic E-state index is 0.0160. The fourth-order valence-electron chi connectivity index (χ4n) is 2.78. The first-order valence-corrected chi connectivity index (χ1v) is 9.53. The molecule has 1 amide bonds. The molecule has 0 unspecified atom stereocenters. The third-order valence-corrected chi connectivity index (χ3v) is 5.33. The zero-order valence-electron chi connectivity index (χ0n) is 15.6. The molecule has 2 heterocycles. The Morgan fingerprint density at radius 2 is 1.85 bits per heavy atom. The largest absolute Gasteiger partial charge is 0.451 e. The molecule has 5 nitrogen and oxygen atoms in total. The Balaban J connectivity index is 1.67. The van der Waals surface area contributed by atoms with E-state index in [1.807, 2.05) is 37.7 Å². The molecule has 3 aromatic rings. The van der Waals surface area contributed by atoms with Crippen molar-refractivity contribution in [2.24, 2.45) is 0 Å². The molecule has 0 aliphatic heterocycles. The van der Waals surface area contributed by atoms with Crippen LogP contribution in [0.2, 0.25) is 0 Å². The van der Waals surface area contributed by atoms with Crippen LogP contribution in [-0.4, -0.2) is 37.2 Å². The van der Waals surface area contributed by atoms with E-state index in [1.54, 1.807) is 35.6 Å². The van der Waals surface area contributed by atoms with Gasteiger partial charge >= 0.3 is 0 Å². The van der Waals surface area contributed by atoms with Crippen LogP contribution in [0.25, 0.3) is 11.3 Å². The van der Waals surface area contributed by atoms with Crippen molar-refractivity contribution >= 4 is 23.0 Å². The number of nitrogens with zero attached hydrogens (tertiary/aromatic N) is 1. The first-order chi connectivity index (χ1) is 13.0. The second-order valence-corrected chi connectivity index (χ2v) is 7.48. The van der Waals surface area contributed by atoms with Crippen LogP contribution >= 0.6 is 11.3 Å². The molecule has 0 bridgehead atoms. The van der Waals surface area contributed by atoms with E-state index in [1.165, 1.54) is 11.8 Å². The van der Waals surface area contributed by atoms with Gasteiger partial charge in [-0.3, -0.25) is 9.59 Å². The number of rotatable bonds is 7. The SMILES string of the molecule is CC(=O)c1ccc(-c2ccc(C(=O)NC[C@@H](c3cccs3)N(C)C)o2)cc1. The topological polar surface area (TPSA) is 62.6 Å². The highest BCUT2D eigenvalue weighted by Crippen LogP contribution is 2.24. The molecule has 0 fully saturated rings. The van der Waals surface area contributed by atoms with Crippen molar-refractivity contribution in [2.75, 3.05) is 20.6 Å². The van der Waals surface area contributed by atoms with E-state index in [4.69, 9.17) is 4.42 Å². The van der Waals surface area contributed by atoms with Gasteiger partial charge in [-0.1, -0.05) is 30.3 Å². The molecule has 140 valence electrons. The zero-order valence-corrected chi connectivity index (χ0v) is 16.4. The molecule has 0 saturated carbocycles. The van der Waals surface area contributed by atoms with E-state index in [-0.39, 0.29) is 23.5 Å². The zero-order chi connectivity index (χ0) is 19.4. The van der Waals surface area contributed by atoms with Gasteiger partial charge in [-0.25, -0.2) is 0 Å². The number of likely N-dealkylation sites (N-methyl/N-ethyl adjacent to an activating group) is 1. The Labute approximate surface area is 162 Å². The van der Waals surface area contributed by atoms with E-state index < -0.39 is 0 Å². The van der Waals surface area contributed by atoms with Crippen molar-refractivity contribution in [3.8, 4) is 11.3 Å². The van der Waals surface area contributed by atoms with E-state index in [9.17, 15) is 9.59 Å². The summed E-state index contributed by atoms with van der Waals surface area (Å²) in [6, 6.07) is 14.8. The average Bonchev–Trinajstić information content (AvgIpc) is 3.34. The quantitative estimate of drug-likeness (QED) is 0.621. The molecule has 1 atom stereocenters. The molecular formula is C21H22N2O3S. The molecule has 0 aliphatic rings. The minimum atomic E-state index is -0.245. The van der Waals surface area contributed by atoms with E-state index in [0.29, 0.717) is 17.9 Å². The van der Waals surface area contributed by atoms with Gasteiger partial charge in [0, 0.05) is 22.5 Å². The highest BCUT2D eigenvalue weighted by Gasteiger charge is 2.18. The first-order valence-electron chi connectivity index (χ1n) is 8.65. The van der Waals surface area contributed by atoms with Crippen LogP contribution in [0.4, 0.5) is 0 Å². The molecule has 1 N–H and O–H groups in total. The summed E-state index contributed by atoms with van der Waals surface area (Å²) < 4.78 is 5.71. The third-order valence-electron chi connectivity index (χ3n) is 4.36. The summed E-state index contributed by atoms with van der Waals surface area (Å²) >= 11 is 1.67. The van der Waals surface area contributed by atoms with Crippen molar-refractivity contribution in [3.63, 3.8) is 0 Å². The predicted molar refractivity (Wildman–Crippen MR) is 107 cm³/mol. The van der Waals surface area contributed by atoms with Crippen molar-refractivity contribution in [2.45, 2.75) is 13.0 Å². The lowest BCUT2D eigenvalue weighted by molar-refractivity contribution is 0.0915. The number of amides is 1. The lowest BCUT2D eigenvalue weighted by Gasteiger charge is -2.23. The number of hydrogen-bond donors (Lipinski definition) is 1. The fourth-order valence-corrected chi connectivity index (χ4v) is 3.70. The summed E-state index contributed by atoms with van der Waals surface area (Å²) in [5.74, 6) is 0.634. The van der Waals surface area contributed by atoms with Crippen LogP contribution in [0.5, 0.6) is 0 Å². The number of benzene rings is 1. The highest BCUT2D eigenvalue weighted by atomic mass is 32.1. The number of hydrogen-bond acceptors (Lipinski definition) is 5. The van der Waals surface area contributed by atoms with Gasteiger partial charge in [-0.15, -0.1) is 11.3 Å². The maximum atomic E-state index is 12.5. The number of furan rings is 1. The molecule has 1 aromatic carbocycles. The Morgan fingerprint density at radius 3 is 2.44 bits per heavy atom. The molecule has 0 saturated heterocycles. The molecule has 2 aromatic heterocycles. The standard InChI is InChI=1S/C21H22N2O3S/c1-14(24)15-6-8-16(9-7-15)18-10-11-19(26-18)21(25)22-13-17(23(2)3)20-5-4-12-27-20/h4-12,17H,13H2,1-3H3,(H,22,25)/t17-/m0/s1. The van der Waals surface area contributed by atoms with Gasteiger partial charge in [0.15, 0.2) is 11.5 Å². The summed E-state index contributed by atoms with van der Waals surface area (Å²) in [6.45, 7) is 2.03. The number of ketones is 1. The van der Waals surface area contributed by atoms with E-state index >= 15 is 0 Å². The predicted octanol–water partition coefficient (Wildman–Crippen LogP) is 4.24. The average molecular weight is 382 g/mol. The Bertz CT molecular complexity index is 911. The third kappa shape index (κ3) is 4.53. The van der Waals surface area contributed by atoms with Crippen LogP contribution < -0.4 is 5.32 Å². The summed E-state index contributed by atoms with van der Waals surface area (Å²) in [4.78, 5) is 27.1. The van der Waals surface area contributed by atoms with Gasteiger partial charge in [0.05, 0.1) is 6.04 Å². The van der Waals surface area contributed by atoms with E-state index in [0.717, 1.165) is 5.56 Å². The number of Topliss-reactive ketones (excluding diaryl/α,β-unsaturated/α-hetero) is 1. The number of thiophene rings is 1. The van der Waals surface area contributed by atoms with Crippen LogP contribution in [0, 0.1) is 0 Å². The second-order valence-electron chi connectivity index (χ2n) is 6.50. The van der Waals surface area contributed by atoms with Crippen LogP contribution in [-0.2, 0) is 0 Å². The minimum Gasteiger partial charge on any atom is -0.451 e. The lowest BCUT2D eigenvalue weighted by atomic mass is 10.1. The van der Waals surface area contributed by atoms with E-state index in [2.05, 4.69) is 16.3 Å². The van der Waals surface area contributed by atoms with Gasteiger partial charge in [-0.05, 0) is 44.6 Å². The molecule has 6 heteroatoms. The van der Waals surface area contributed by atoms with Crippen molar-refractivity contribution < 1.29 is 14.0 Å². The summed E-state index contributed by atoms with van der Waals surface area (Å²) in [7, 11) is 3.98. The lowest BCUT2D eigenvalue weighted by Crippen LogP contribution is -2.34. The maximum absolute atomic E-state index is 12.5. The summed E-state index contributed by atoms with van der Waals surface area (Å²) in [6.07, 6.45) is 0. The second kappa shape index (κ2) is 8.33. The van der Waals surface area contributed by atoms with Gasteiger partial charge in [0.1, 0.15) is 5.76 Å². The Morgan fingerprint density at radius 1 is 1.11 bits per heavy atom. The highest BCUT2D eigenvalue weighted by molar-refractivity contribution is 7.10. The molecule has 0 radical (unpaired) electrons. The van der Waals surface area contributed by atoms with Crippen molar-refractivity contribution in [3.05, 3.63) is 70.1 Å².